The fraction of sp³-hybridized carbons (Fsp3) is 0.133. The lowest BCUT2D eigenvalue weighted by Crippen LogP contribution is -2.07. The molecule has 2 rings (SSSR count). The summed E-state index contributed by atoms with van der Waals surface area (Å²) in [6.07, 6.45) is 0. The van der Waals surface area contributed by atoms with Crippen molar-refractivity contribution >= 4 is 23.4 Å². The van der Waals surface area contributed by atoms with E-state index in [2.05, 4.69) is 0 Å². The van der Waals surface area contributed by atoms with Crippen molar-refractivity contribution in [2.45, 2.75) is 4.90 Å². The third kappa shape index (κ3) is 4.34. The molecule has 2 N–H and O–H groups in total. The average molecular weight is 273 g/mol. The maximum atomic E-state index is 11.7. The summed E-state index contributed by atoms with van der Waals surface area (Å²) in [6.45, 7) is 0.392. The number of rotatable bonds is 5. The van der Waals surface area contributed by atoms with Crippen LogP contribution in [0.3, 0.4) is 0 Å². The highest BCUT2D eigenvalue weighted by Crippen LogP contribution is 2.16. The van der Waals surface area contributed by atoms with Crippen LogP contribution in [-0.4, -0.2) is 18.3 Å². The third-order valence-electron chi connectivity index (χ3n) is 2.47. The zero-order valence-corrected chi connectivity index (χ0v) is 11.2. The van der Waals surface area contributed by atoms with Crippen molar-refractivity contribution in [2.75, 3.05) is 18.1 Å². The largest absolute Gasteiger partial charge is 0.461 e. The monoisotopic (exact) mass is 273 g/mol. The Balaban J connectivity index is 1.74. The Labute approximate surface area is 116 Å². The molecule has 0 heterocycles. The van der Waals surface area contributed by atoms with E-state index in [1.54, 1.807) is 36.0 Å². The van der Waals surface area contributed by atoms with Gasteiger partial charge in [-0.1, -0.05) is 18.2 Å². The smallest absolute Gasteiger partial charge is 0.338 e. The molecule has 0 aliphatic heterocycles. The summed E-state index contributed by atoms with van der Waals surface area (Å²) < 4.78 is 5.19. The van der Waals surface area contributed by atoms with E-state index in [4.69, 9.17) is 10.5 Å². The van der Waals surface area contributed by atoms with Crippen LogP contribution in [-0.2, 0) is 4.74 Å². The zero-order chi connectivity index (χ0) is 13.5. The van der Waals surface area contributed by atoms with Crippen molar-refractivity contribution in [1.82, 2.24) is 0 Å². The molecule has 0 aliphatic carbocycles. The molecule has 0 atom stereocenters. The molecule has 0 unspecified atom stereocenters. The number of nitrogens with two attached hydrogens (primary N) is 1. The van der Waals surface area contributed by atoms with E-state index in [0.717, 1.165) is 5.75 Å². The SMILES string of the molecule is Nc1ccc(C(=O)OCCSc2ccccc2)cc1. The van der Waals surface area contributed by atoms with Crippen LogP contribution in [0, 0.1) is 0 Å². The molecule has 0 saturated carbocycles. The Morgan fingerprint density at radius 1 is 1.05 bits per heavy atom. The lowest BCUT2D eigenvalue weighted by atomic mass is 10.2. The van der Waals surface area contributed by atoms with E-state index >= 15 is 0 Å². The number of hydrogen-bond donors (Lipinski definition) is 1. The summed E-state index contributed by atoms with van der Waals surface area (Å²) in [5.41, 5.74) is 6.72. The number of carbonyl (C=O) groups excluding carboxylic acids is 1. The van der Waals surface area contributed by atoms with Crippen LogP contribution < -0.4 is 5.73 Å². The Morgan fingerprint density at radius 3 is 2.42 bits per heavy atom. The van der Waals surface area contributed by atoms with E-state index in [1.165, 1.54) is 4.90 Å². The summed E-state index contributed by atoms with van der Waals surface area (Å²) in [6, 6.07) is 16.7. The van der Waals surface area contributed by atoms with Crippen molar-refractivity contribution < 1.29 is 9.53 Å². The molecule has 19 heavy (non-hydrogen) atoms. The highest BCUT2D eigenvalue weighted by Gasteiger charge is 2.06. The van der Waals surface area contributed by atoms with Gasteiger partial charge in [-0.3, -0.25) is 0 Å². The lowest BCUT2D eigenvalue weighted by Gasteiger charge is -2.05. The first-order chi connectivity index (χ1) is 9.25. The molecule has 2 aromatic carbocycles. The number of thioether (sulfide) groups is 1. The van der Waals surface area contributed by atoms with Gasteiger partial charge in [0.15, 0.2) is 0 Å². The highest BCUT2D eigenvalue weighted by molar-refractivity contribution is 7.99. The summed E-state index contributed by atoms with van der Waals surface area (Å²) in [4.78, 5) is 12.9. The number of anilines is 1. The van der Waals surface area contributed by atoms with Crippen molar-refractivity contribution in [1.29, 1.82) is 0 Å². The van der Waals surface area contributed by atoms with Crippen molar-refractivity contribution in [3.05, 3.63) is 60.2 Å². The molecule has 4 heteroatoms. The Bertz CT molecular complexity index is 526. The molecule has 0 fully saturated rings. The fourth-order valence-electron chi connectivity index (χ4n) is 1.51. The van der Waals surface area contributed by atoms with Gasteiger partial charge in [0.25, 0.3) is 0 Å². The first kappa shape index (κ1) is 13.5. The topological polar surface area (TPSA) is 52.3 Å². The van der Waals surface area contributed by atoms with E-state index in [9.17, 15) is 4.79 Å². The second kappa shape index (κ2) is 6.85. The minimum absolute atomic E-state index is 0.311. The van der Waals surface area contributed by atoms with Crippen LogP contribution in [0.4, 0.5) is 5.69 Å². The second-order valence-corrected chi connectivity index (χ2v) is 5.09. The van der Waals surface area contributed by atoms with Crippen LogP contribution in [0.5, 0.6) is 0 Å². The summed E-state index contributed by atoms with van der Waals surface area (Å²) in [7, 11) is 0. The zero-order valence-electron chi connectivity index (χ0n) is 10.4. The Kier molecular flexibility index (Phi) is 4.86. The van der Waals surface area contributed by atoms with E-state index < -0.39 is 0 Å². The van der Waals surface area contributed by atoms with Crippen LogP contribution in [0.25, 0.3) is 0 Å². The molecule has 0 amide bonds. The normalized spacial score (nSPS) is 10.1. The van der Waals surface area contributed by atoms with Gasteiger partial charge in [-0.15, -0.1) is 11.8 Å². The molecule has 2 aromatic rings. The maximum Gasteiger partial charge on any atom is 0.338 e. The molecule has 0 bridgehead atoms. The molecule has 0 saturated heterocycles. The molecule has 3 nitrogen and oxygen atoms in total. The van der Waals surface area contributed by atoms with Crippen LogP contribution in [0.1, 0.15) is 10.4 Å². The summed E-state index contributed by atoms with van der Waals surface area (Å²) in [5.74, 6) is 0.429. The average Bonchev–Trinajstić information content (AvgIpc) is 2.45. The molecular formula is C15H15NO2S. The fourth-order valence-corrected chi connectivity index (χ4v) is 2.27. The van der Waals surface area contributed by atoms with Crippen molar-refractivity contribution in [3.63, 3.8) is 0 Å². The van der Waals surface area contributed by atoms with Gasteiger partial charge in [0, 0.05) is 16.3 Å². The summed E-state index contributed by atoms with van der Waals surface area (Å²) in [5, 5.41) is 0. The number of esters is 1. The molecule has 0 radical (unpaired) electrons. The predicted molar refractivity (Wildman–Crippen MR) is 78.3 cm³/mol. The predicted octanol–water partition coefficient (Wildman–Crippen LogP) is 3.22. The van der Waals surface area contributed by atoms with Gasteiger partial charge < -0.3 is 10.5 Å². The first-order valence-corrected chi connectivity index (χ1v) is 6.95. The summed E-state index contributed by atoms with van der Waals surface area (Å²) >= 11 is 1.66. The van der Waals surface area contributed by atoms with Gasteiger partial charge in [0.1, 0.15) is 6.61 Å². The number of nitrogen functional groups attached to an aromatic ring is 1. The van der Waals surface area contributed by atoms with Crippen molar-refractivity contribution in [3.8, 4) is 0 Å². The van der Waals surface area contributed by atoms with Crippen LogP contribution in [0.15, 0.2) is 59.5 Å². The molecule has 0 aliphatic rings. The molecule has 98 valence electrons. The third-order valence-corrected chi connectivity index (χ3v) is 3.45. The van der Waals surface area contributed by atoms with E-state index in [-0.39, 0.29) is 5.97 Å². The van der Waals surface area contributed by atoms with Gasteiger partial charge >= 0.3 is 5.97 Å². The quantitative estimate of drug-likeness (QED) is 0.393. The van der Waals surface area contributed by atoms with E-state index in [1.807, 2.05) is 30.3 Å². The molecular weight excluding hydrogens is 258 g/mol. The van der Waals surface area contributed by atoms with Crippen LogP contribution in [0.2, 0.25) is 0 Å². The standard InChI is InChI=1S/C15H15NO2S/c16-13-8-6-12(7-9-13)15(17)18-10-11-19-14-4-2-1-3-5-14/h1-9H,10-11,16H2. The molecule has 0 aromatic heterocycles. The van der Waals surface area contributed by atoms with E-state index in [0.29, 0.717) is 17.9 Å². The Morgan fingerprint density at radius 2 is 1.74 bits per heavy atom. The second-order valence-electron chi connectivity index (χ2n) is 3.92. The van der Waals surface area contributed by atoms with Gasteiger partial charge in [-0.2, -0.15) is 0 Å². The lowest BCUT2D eigenvalue weighted by molar-refractivity contribution is 0.0530. The van der Waals surface area contributed by atoms with Gasteiger partial charge in [-0.05, 0) is 36.4 Å². The number of hydrogen-bond acceptors (Lipinski definition) is 4. The minimum Gasteiger partial charge on any atom is -0.461 e. The highest BCUT2D eigenvalue weighted by atomic mass is 32.2. The number of carbonyl (C=O) groups is 1. The minimum atomic E-state index is -0.311. The van der Waals surface area contributed by atoms with Crippen molar-refractivity contribution in [2.24, 2.45) is 0 Å². The Hall–Kier alpha value is -1.94. The maximum absolute atomic E-state index is 11.7. The van der Waals surface area contributed by atoms with Gasteiger partial charge in [0.2, 0.25) is 0 Å². The molecule has 0 spiro atoms. The van der Waals surface area contributed by atoms with Crippen LogP contribution >= 0.6 is 11.8 Å². The number of benzene rings is 2. The van der Waals surface area contributed by atoms with Gasteiger partial charge in [0.05, 0.1) is 5.56 Å². The first-order valence-electron chi connectivity index (χ1n) is 5.96. The van der Waals surface area contributed by atoms with Gasteiger partial charge in [-0.25, -0.2) is 4.79 Å². The number of ether oxygens (including phenoxy) is 1.